The summed E-state index contributed by atoms with van der Waals surface area (Å²) in [5, 5.41) is 0. The van der Waals surface area contributed by atoms with Crippen LogP contribution in [0.15, 0.2) is 0 Å². The minimum absolute atomic E-state index is 0. The Morgan fingerprint density at radius 3 is 1.67 bits per heavy atom. The second kappa shape index (κ2) is 16.2. The summed E-state index contributed by atoms with van der Waals surface area (Å²) >= 11 is 0. The maximum atomic E-state index is 3.55. The molecule has 0 aliphatic carbocycles. The van der Waals surface area contributed by atoms with E-state index in [0.29, 0.717) is 0 Å². The van der Waals surface area contributed by atoms with E-state index in [4.69, 9.17) is 0 Å². The van der Waals surface area contributed by atoms with Crippen LogP contribution in [0.2, 0.25) is 0 Å². The normalized spacial score (nSPS) is 5.00. The SMILES string of the molecule is [CH2-]C[CH-]C.[W].[W]. The van der Waals surface area contributed by atoms with Gasteiger partial charge in [-0.25, -0.2) is 0 Å². The molecule has 0 aromatic heterocycles. The molecule has 0 saturated carbocycles. The van der Waals surface area contributed by atoms with Gasteiger partial charge >= 0.3 is 0 Å². The summed E-state index contributed by atoms with van der Waals surface area (Å²) in [4.78, 5) is 0. The van der Waals surface area contributed by atoms with Crippen LogP contribution in [0, 0.1) is 13.3 Å². The first kappa shape index (κ1) is 15.7. The largest absolute Gasteiger partial charge is 0.372 e. The van der Waals surface area contributed by atoms with E-state index in [1.54, 1.807) is 0 Å². The summed E-state index contributed by atoms with van der Waals surface area (Å²) < 4.78 is 0. The van der Waals surface area contributed by atoms with Crippen LogP contribution in [0.3, 0.4) is 0 Å². The van der Waals surface area contributed by atoms with Gasteiger partial charge in [-0.3, -0.25) is 0 Å². The van der Waals surface area contributed by atoms with Gasteiger partial charge in [-0.1, -0.05) is 0 Å². The molecule has 0 unspecified atom stereocenters. The summed E-state index contributed by atoms with van der Waals surface area (Å²) in [5.41, 5.74) is 0. The van der Waals surface area contributed by atoms with Crippen molar-refractivity contribution in [2.75, 3.05) is 0 Å². The van der Waals surface area contributed by atoms with Gasteiger partial charge in [0, 0.05) is 42.1 Å². The monoisotopic (exact) mass is 424 g/mol. The molecular formula is C4H8W2-2. The predicted molar refractivity (Wildman–Crippen MR) is 19.9 cm³/mol. The molecule has 0 fully saturated rings. The van der Waals surface area contributed by atoms with Crippen LogP contribution in [0.1, 0.15) is 13.3 Å². The number of rotatable bonds is 1. The Bertz CT molecular complexity index is 7.51. The summed E-state index contributed by atoms with van der Waals surface area (Å²) in [7, 11) is 0. The third-order valence-corrected chi connectivity index (χ3v) is 0.289. The molecule has 2 heteroatoms. The van der Waals surface area contributed by atoms with E-state index in [1.165, 1.54) is 0 Å². The first-order valence-corrected chi connectivity index (χ1v) is 1.49. The topological polar surface area (TPSA) is 0 Å². The molecular weight excluding hydrogens is 416 g/mol. The average Bonchev–Trinajstić information content (AvgIpc) is 1.37. The van der Waals surface area contributed by atoms with Gasteiger partial charge in [0.15, 0.2) is 0 Å². The van der Waals surface area contributed by atoms with E-state index in [0.717, 1.165) is 6.42 Å². The zero-order chi connectivity index (χ0) is 3.41. The van der Waals surface area contributed by atoms with Gasteiger partial charge in [0.1, 0.15) is 0 Å². The van der Waals surface area contributed by atoms with Gasteiger partial charge in [-0.15, -0.1) is 0 Å². The molecule has 0 rings (SSSR count). The van der Waals surface area contributed by atoms with E-state index < -0.39 is 0 Å². The number of hydrogen-bond acceptors (Lipinski definition) is 0. The Balaban J connectivity index is -0.0000000450. The van der Waals surface area contributed by atoms with E-state index >= 15 is 0 Å². The second-order valence-electron chi connectivity index (χ2n) is 0.697. The Labute approximate surface area is 68.6 Å². The molecule has 0 saturated heterocycles. The third kappa shape index (κ3) is 18.2. The molecule has 0 amide bonds. The third-order valence-electron chi connectivity index (χ3n) is 0.289. The first-order chi connectivity index (χ1) is 1.91. The Morgan fingerprint density at radius 1 is 1.50 bits per heavy atom. The molecule has 0 aromatic carbocycles. The van der Waals surface area contributed by atoms with Crippen molar-refractivity contribution in [2.24, 2.45) is 0 Å². The van der Waals surface area contributed by atoms with Gasteiger partial charge in [0.25, 0.3) is 0 Å². The van der Waals surface area contributed by atoms with Gasteiger partial charge in [0.2, 0.25) is 0 Å². The van der Waals surface area contributed by atoms with Gasteiger partial charge < -0.3 is 19.8 Å². The molecule has 0 radical (unpaired) electrons. The fourth-order valence-corrected chi connectivity index (χ4v) is 0. The average molecular weight is 424 g/mol. The Morgan fingerprint density at radius 2 is 1.67 bits per heavy atom. The molecule has 0 N–H and O–H groups in total. The van der Waals surface area contributed by atoms with Crippen molar-refractivity contribution in [3.05, 3.63) is 13.3 Å². The fraction of sp³-hybridized carbons (Fsp3) is 0.500. The van der Waals surface area contributed by atoms with E-state index in [9.17, 15) is 0 Å². The van der Waals surface area contributed by atoms with Crippen LogP contribution < -0.4 is 0 Å². The van der Waals surface area contributed by atoms with Crippen LogP contribution in [0.5, 0.6) is 0 Å². The molecule has 0 spiro atoms. The van der Waals surface area contributed by atoms with Gasteiger partial charge in [0.05, 0.1) is 0 Å². The molecule has 0 aliphatic heterocycles. The second-order valence-corrected chi connectivity index (χ2v) is 0.697. The standard InChI is InChI=1S/C4H8.2W/c1-3-4-2;;/h4H,1,3H2,2H3;;/q-2;;. The van der Waals surface area contributed by atoms with Crippen molar-refractivity contribution in [1.82, 2.24) is 0 Å². The van der Waals surface area contributed by atoms with Crippen molar-refractivity contribution < 1.29 is 42.1 Å². The van der Waals surface area contributed by atoms with Gasteiger partial charge in [-0.2, -0.15) is 6.92 Å². The van der Waals surface area contributed by atoms with Crippen molar-refractivity contribution >= 4 is 0 Å². The fourth-order valence-electron chi connectivity index (χ4n) is 0. The van der Waals surface area contributed by atoms with Crippen molar-refractivity contribution in [1.29, 1.82) is 0 Å². The molecule has 0 nitrogen and oxygen atoms in total. The molecule has 38 valence electrons. The maximum Gasteiger partial charge on any atom is 0 e. The first-order valence-electron chi connectivity index (χ1n) is 1.49. The molecule has 0 bridgehead atoms. The smallest absolute Gasteiger partial charge is 0 e. The Hall–Kier alpha value is 1.38. The molecule has 0 aliphatic rings. The number of hydrogen-bond donors (Lipinski definition) is 0. The zero-order valence-electron chi connectivity index (χ0n) is 3.81. The van der Waals surface area contributed by atoms with Gasteiger partial charge in [-0.05, 0) is 0 Å². The van der Waals surface area contributed by atoms with E-state index in [1.807, 2.05) is 13.3 Å². The van der Waals surface area contributed by atoms with Crippen LogP contribution in [-0.4, -0.2) is 0 Å². The van der Waals surface area contributed by atoms with Crippen LogP contribution in [0.4, 0.5) is 0 Å². The summed E-state index contributed by atoms with van der Waals surface area (Å²) in [6.45, 7) is 5.54. The quantitative estimate of drug-likeness (QED) is 0.560. The summed E-state index contributed by atoms with van der Waals surface area (Å²) in [6.07, 6.45) is 2.96. The van der Waals surface area contributed by atoms with Crippen molar-refractivity contribution in [3.8, 4) is 0 Å². The van der Waals surface area contributed by atoms with Crippen LogP contribution in [0.25, 0.3) is 0 Å². The van der Waals surface area contributed by atoms with Crippen LogP contribution >= 0.6 is 0 Å². The zero-order valence-corrected chi connectivity index (χ0v) is 9.67. The molecule has 6 heavy (non-hydrogen) atoms. The molecule has 0 aromatic rings. The van der Waals surface area contributed by atoms with Crippen LogP contribution in [-0.2, 0) is 42.1 Å². The van der Waals surface area contributed by atoms with E-state index in [2.05, 4.69) is 6.92 Å². The van der Waals surface area contributed by atoms with Crippen molar-refractivity contribution in [3.63, 3.8) is 0 Å². The van der Waals surface area contributed by atoms with Crippen molar-refractivity contribution in [2.45, 2.75) is 13.3 Å². The summed E-state index contributed by atoms with van der Waals surface area (Å²) in [5.74, 6) is 0. The number of unbranched alkanes of at least 4 members (excludes halogenated alkanes) is 1. The maximum absolute atomic E-state index is 3.55. The minimum Gasteiger partial charge on any atom is -0.372 e. The predicted octanol–water partition coefficient (Wildman–Crippen LogP) is 1.43. The summed E-state index contributed by atoms with van der Waals surface area (Å²) in [6, 6.07) is 0. The minimum atomic E-state index is 0. The van der Waals surface area contributed by atoms with E-state index in [-0.39, 0.29) is 42.1 Å². The molecule has 0 heterocycles. The molecule has 0 atom stereocenters. The Kier molecular flexibility index (Phi) is 42.2.